The molecule has 1 atom stereocenters. The molecule has 2 N–H and O–H groups in total. The summed E-state index contributed by atoms with van der Waals surface area (Å²) in [7, 11) is 1.68. The lowest BCUT2D eigenvalue weighted by atomic mass is 10.1. The molecule has 0 aromatic heterocycles. The summed E-state index contributed by atoms with van der Waals surface area (Å²) in [5.41, 5.74) is 1.53. The Kier molecular flexibility index (Phi) is 1.84. The summed E-state index contributed by atoms with van der Waals surface area (Å²) in [5.74, 6) is -0.711. The van der Waals surface area contributed by atoms with Gasteiger partial charge < -0.3 is 15.1 Å². The van der Waals surface area contributed by atoms with Crippen molar-refractivity contribution in [1.82, 2.24) is 0 Å². The number of likely N-dealkylation sites (N-methyl/N-ethyl adjacent to an activating group) is 1. The van der Waals surface area contributed by atoms with Gasteiger partial charge in [0.25, 0.3) is 0 Å². The van der Waals surface area contributed by atoms with Crippen LogP contribution in [0.25, 0.3) is 0 Å². The zero-order chi connectivity index (χ0) is 10.3. The summed E-state index contributed by atoms with van der Waals surface area (Å²) in [4.78, 5) is 12.5. The van der Waals surface area contributed by atoms with Crippen molar-refractivity contribution in [1.29, 1.82) is 0 Å². The van der Waals surface area contributed by atoms with Gasteiger partial charge in [-0.15, -0.1) is 0 Å². The number of carboxylic acids is 1. The largest absolute Gasteiger partial charge is 0.506 e. The van der Waals surface area contributed by atoms with Gasteiger partial charge in [0.2, 0.25) is 0 Å². The Morgan fingerprint density at radius 1 is 1.57 bits per heavy atom. The second-order valence-electron chi connectivity index (χ2n) is 3.45. The SMILES string of the molecule is CN1c2c(O)cccc2CC1C(=O)O. The summed E-state index contributed by atoms with van der Waals surface area (Å²) >= 11 is 0. The Bertz CT molecular complexity index is 389. The molecule has 0 spiro atoms. The molecule has 1 aliphatic heterocycles. The van der Waals surface area contributed by atoms with Gasteiger partial charge in [-0.05, 0) is 11.6 Å². The van der Waals surface area contributed by atoms with Crippen LogP contribution in [0.4, 0.5) is 5.69 Å². The van der Waals surface area contributed by atoms with E-state index in [4.69, 9.17) is 5.11 Å². The fourth-order valence-electron chi connectivity index (χ4n) is 1.90. The van der Waals surface area contributed by atoms with Crippen LogP contribution in [0.1, 0.15) is 5.56 Å². The number of para-hydroxylation sites is 1. The van der Waals surface area contributed by atoms with Crippen LogP contribution in [-0.2, 0) is 11.2 Å². The minimum absolute atomic E-state index is 0.147. The molecule has 0 radical (unpaired) electrons. The summed E-state index contributed by atoms with van der Waals surface area (Å²) in [6.45, 7) is 0. The van der Waals surface area contributed by atoms with E-state index < -0.39 is 12.0 Å². The highest BCUT2D eigenvalue weighted by Gasteiger charge is 2.33. The molecular weight excluding hydrogens is 182 g/mol. The number of rotatable bonds is 1. The number of hydrogen-bond donors (Lipinski definition) is 2. The molecule has 0 aliphatic carbocycles. The number of anilines is 1. The number of carbonyl (C=O) groups is 1. The maximum absolute atomic E-state index is 10.9. The second-order valence-corrected chi connectivity index (χ2v) is 3.45. The summed E-state index contributed by atoms with van der Waals surface area (Å²) < 4.78 is 0. The number of aliphatic carboxylic acids is 1. The quantitative estimate of drug-likeness (QED) is 0.693. The number of aromatic hydroxyl groups is 1. The van der Waals surface area contributed by atoms with Crippen molar-refractivity contribution in [2.45, 2.75) is 12.5 Å². The van der Waals surface area contributed by atoms with Gasteiger partial charge in [0.05, 0.1) is 5.69 Å². The van der Waals surface area contributed by atoms with Crippen LogP contribution in [0.5, 0.6) is 5.75 Å². The maximum atomic E-state index is 10.9. The minimum atomic E-state index is -0.858. The number of carboxylic acid groups (broad SMARTS) is 1. The number of benzene rings is 1. The summed E-state index contributed by atoms with van der Waals surface area (Å²) in [6, 6.07) is 4.58. The number of phenolic OH excluding ortho intramolecular Hbond substituents is 1. The fraction of sp³-hybridized carbons (Fsp3) is 0.300. The fourth-order valence-corrected chi connectivity index (χ4v) is 1.90. The first-order valence-corrected chi connectivity index (χ1v) is 4.37. The van der Waals surface area contributed by atoms with Crippen molar-refractivity contribution in [3.8, 4) is 5.75 Å². The smallest absolute Gasteiger partial charge is 0.326 e. The van der Waals surface area contributed by atoms with Crippen molar-refractivity contribution in [2.24, 2.45) is 0 Å². The van der Waals surface area contributed by atoms with Gasteiger partial charge in [0.1, 0.15) is 11.8 Å². The first kappa shape index (κ1) is 8.87. The van der Waals surface area contributed by atoms with Crippen LogP contribution in [-0.4, -0.2) is 29.3 Å². The van der Waals surface area contributed by atoms with Crippen LogP contribution in [0.15, 0.2) is 18.2 Å². The highest BCUT2D eigenvalue weighted by molar-refractivity contribution is 5.83. The van der Waals surface area contributed by atoms with E-state index in [1.54, 1.807) is 24.1 Å². The predicted molar refractivity (Wildman–Crippen MR) is 51.6 cm³/mol. The molecule has 74 valence electrons. The average Bonchev–Trinajstić information content (AvgIpc) is 2.45. The van der Waals surface area contributed by atoms with E-state index >= 15 is 0 Å². The lowest BCUT2D eigenvalue weighted by Crippen LogP contribution is -2.35. The van der Waals surface area contributed by atoms with E-state index in [0.29, 0.717) is 12.1 Å². The van der Waals surface area contributed by atoms with E-state index in [9.17, 15) is 9.90 Å². The van der Waals surface area contributed by atoms with Gasteiger partial charge >= 0.3 is 5.97 Å². The number of nitrogens with zero attached hydrogens (tertiary/aromatic N) is 1. The minimum Gasteiger partial charge on any atom is -0.506 e. The van der Waals surface area contributed by atoms with E-state index in [-0.39, 0.29) is 5.75 Å². The third-order valence-electron chi connectivity index (χ3n) is 2.62. The Morgan fingerprint density at radius 2 is 2.29 bits per heavy atom. The highest BCUT2D eigenvalue weighted by atomic mass is 16.4. The topological polar surface area (TPSA) is 60.8 Å². The predicted octanol–water partition coefficient (Wildman–Crippen LogP) is 0.838. The first-order chi connectivity index (χ1) is 6.61. The lowest BCUT2D eigenvalue weighted by Gasteiger charge is -2.19. The molecular formula is C10H11NO3. The van der Waals surface area contributed by atoms with Crippen molar-refractivity contribution < 1.29 is 15.0 Å². The Balaban J connectivity index is 2.46. The molecule has 1 heterocycles. The Hall–Kier alpha value is -1.71. The first-order valence-electron chi connectivity index (χ1n) is 4.37. The van der Waals surface area contributed by atoms with Gasteiger partial charge in [0, 0.05) is 13.5 Å². The lowest BCUT2D eigenvalue weighted by molar-refractivity contribution is -0.138. The standard InChI is InChI=1S/C10H11NO3/c1-11-7(10(13)14)5-6-3-2-4-8(12)9(6)11/h2-4,7,12H,5H2,1H3,(H,13,14). The molecule has 0 amide bonds. The molecule has 0 fully saturated rings. The third kappa shape index (κ3) is 1.11. The molecule has 2 rings (SSSR count). The van der Waals surface area contributed by atoms with Crippen LogP contribution < -0.4 is 4.90 Å². The van der Waals surface area contributed by atoms with E-state index in [1.165, 1.54) is 0 Å². The van der Waals surface area contributed by atoms with Crippen LogP contribution >= 0.6 is 0 Å². The van der Waals surface area contributed by atoms with Gasteiger partial charge in [-0.3, -0.25) is 0 Å². The monoisotopic (exact) mass is 193 g/mol. The van der Waals surface area contributed by atoms with Crippen molar-refractivity contribution in [3.63, 3.8) is 0 Å². The molecule has 0 saturated carbocycles. The van der Waals surface area contributed by atoms with E-state index in [0.717, 1.165) is 5.56 Å². The normalized spacial score (nSPS) is 19.5. The number of fused-ring (bicyclic) bond motifs is 1. The highest BCUT2D eigenvalue weighted by Crippen LogP contribution is 2.37. The van der Waals surface area contributed by atoms with Gasteiger partial charge in [-0.1, -0.05) is 12.1 Å². The molecule has 1 unspecified atom stereocenters. The van der Waals surface area contributed by atoms with E-state index in [1.807, 2.05) is 6.07 Å². The molecule has 1 aromatic rings. The van der Waals surface area contributed by atoms with Crippen molar-refractivity contribution >= 4 is 11.7 Å². The van der Waals surface area contributed by atoms with Gasteiger partial charge in [-0.2, -0.15) is 0 Å². The average molecular weight is 193 g/mol. The van der Waals surface area contributed by atoms with Gasteiger partial charge in [-0.25, -0.2) is 4.79 Å². The van der Waals surface area contributed by atoms with Crippen molar-refractivity contribution in [3.05, 3.63) is 23.8 Å². The van der Waals surface area contributed by atoms with Crippen molar-refractivity contribution in [2.75, 3.05) is 11.9 Å². The second kappa shape index (κ2) is 2.90. The summed E-state index contributed by atoms with van der Waals surface area (Å²) in [5, 5.41) is 18.5. The van der Waals surface area contributed by atoms with Crippen LogP contribution in [0, 0.1) is 0 Å². The maximum Gasteiger partial charge on any atom is 0.326 e. The molecule has 1 aromatic carbocycles. The number of hydrogen-bond acceptors (Lipinski definition) is 3. The van der Waals surface area contributed by atoms with Gasteiger partial charge in [0.15, 0.2) is 0 Å². The Morgan fingerprint density at radius 3 is 2.86 bits per heavy atom. The zero-order valence-corrected chi connectivity index (χ0v) is 7.77. The molecule has 0 saturated heterocycles. The molecule has 1 aliphatic rings. The molecule has 4 heteroatoms. The molecule has 4 nitrogen and oxygen atoms in total. The molecule has 0 bridgehead atoms. The number of phenols is 1. The molecule has 14 heavy (non-hydrogen) atoms. The van der Waals surface area contributed by atoms with Crippen LogP contribution in [0.3, 0.4) is 0 Å². The van der Waals surface area contributed by atoms with E-state index in [2.05, 4.69) is 0 Å². The third-order valence-corrected chi connectivity index (χ3v) is 2.62. The summed E-state index contributed by atoms with van der Waals surface area (Å²) in [6.07, 6.45) is 0.454. The van der Waals surface area contributed by atoms with Crippen LogP contribution in [0.2, 0.25) is 0 Å². The Labute approximate surface area is 81.4 Å². The zero-order valence-electron chi connectivity index (χ0n) is 7.77.